The summed E-state index contributed by atoms with van der Waals surface area (Å²) in [6.45, 7) is 3.15. The van der Waals surface area contributed by atoms with Crippen LogP contribution in [0.25, 0.3) is 0 Å². The second-order valence-electron chi connectivity index (χ2n) is 7.34. The number of hydrogen-bond acceptors (Lipinski definition) is 5. The predicted molar refractivity (Wildman–Crippen MR) is 112 cm³/mol. The molecule has 3 heterocycles. The largest absolute Gasteiger partial charge is 0.326 e. The number of hydrogen-bond donors (Lipinski definition) is 0. The Morgan fingerprint density at radius 2 is 2.10 bits per heavy atom. The summed E-state index contributed by atoms with van der Waals surface area (Å²) in [6, 6.07) is 6.07. The highest BCUT2D eigenvalue weighted by atomic mass is 32.1. The maximum Gasteiger partial charge on any atom is 0.326 e. The van der Waals surface area contributed by atoms with Crippen LogP contribution in [0.3, 0.4) is 0 Å². The quantitative estimate of drug-likeness (QED) is 0.541. The zero-order valence-corrected chi connectivity index (χ0v) is 17.7. The summed E-state index contributed by atoms with van der Waals surface area (Å²) in [6.07, 6.45) is 4.64. The third-order valence-corrected chi connectivity index (χ3v) is 6.25. The number of aryl methyl sites for hydroxylation is 3. The molecule has 30 heavy (non-hydrogen) atoms. The van der Waals surface area contributed by atoms with E-state index in [1.807, 2.05) is 13.2 Å². The highest BCUT2D eigenvalue weighted by Crippen LogP contribution is 2.30. The predicted octanol–water partition coefficient (Wildman–Crippen LogP) is 3.58. The number of halogens is 1. The third kappa shape index (κ3) is 4.25. The molecular formula is C21H22FN5O2S. The summed E-state index contributed by atoms with van der Waals surface area (Å²) in [7, 11) is 1.84. The van der Waals surface area contributed by atoms with Gasteiger partial charge in [0, 0.05) is 39.3 Å². The fraction of sp³-hybridized carbons (Fsp3) is 0.333. The van der Waals surface area contributed by atoms with E-state index in [1.165, 1.54) is 23.5 Å². The Bertz CT molecular complexity index is 1090. The first-order valence-corrected chi connectivity index (χ1v) is 10.5. The number of rotatable bonds is 7. The SMILES string of the molecule is Cc1nc(N2CCN(Cc3cccc(F)c3)C2=O)sc1C(=O)CCc1cnn(C)c1. The molecule has 0 N–H and O–H groups in total. The van der Waals surface area contributed by atoms with Crippen LogP contribution < -0.4 is 4.90 Å². The van der Waals surface area contributed by atoms with E-state index >= 15 is 0 Å². The van der Waals surface area contributed by atoms with Gasteiger partial charge in [0.25, 0.3) is 0 Å². The molecule has 1 aliphatic heterocycles. The Hall–Kier alpha value is -3.07. The van der Waals surface area contributed by atoms with E-state index in [0.717, 1.165) is 11.1 Å². The Kier molecular flexibility index (Phi) is 5.63. The third-order valence-electron chi connectivity index (χ3n) is 5.03. The highest BCUT2D eigenvalue weighted by Gasteiger charge is 2.32. The zero-order chi connectivity index (χ0) is 21.3. The first kappa shape index (κ1) is 20.2. The van der Waals surface area contributed by atoms with Crippen LogP contribution in [0.1, 0.15) is 32.9 Å². The van der Waals surface area contributed by atoms with Crippen LogP contribution >= 0.6 is 11.3 Å². The van der Waals surface area contributed by atoms with Gasteiger partial charge in [-0.2, -0.15) is 5.10 Å². The molecule has 9 heteroatoms. The lowest BCUT2D eigenvalue weighted by molar-refractivity contribution is 0.0986. The summed E-state index contributed by atoms with van der Waals surface area (Å²) >= 11 is 1.26. The summed E-state index contributed by atoms with van der Waals surface area (Å²) in [5.41, 5.74) is 2.39. The number of thiazole rings is 1. The van der Waals surface area contributed by atoms with Crippen molar-refractivity contribution in [2.45, 2.75) is 26.3 Å². The molecule has 0 spiro atoms. The number of anilines is 1. The molecule has 3 aromatic rings. The summed E-state index contributed by atoms with van der Waals surface area (Å²) in [5, 5.41) is 4.65. The van der Waals surface area contributed by atoms with E-state index in [4.69, 9.17) is 0 Å². The van der Waals surface area contributed by atoms with Crippen molar-refractivity contribution >= 4 is 28.3 Å². The second kappa shape index (κ2) is 8.35. The molecule has 7 nitrogen and oxygen atoms in total. The molecule has 1 saturated heterocycles. The number of amides is 2. The Morgan fingerprint density at radius 1 is 1.27 bits per heavy atom. The minimum atomic E-state index is -0.319. The molecule has 1 aliphatic rings. The van der Waals surface area contributed by atoms with Gasteiger partial charge in [-0.05, 0) is 36.6 Å². The van der Waals surface area contributed by atoms with Crippen LogP contribution in [0.2, 0.25) is 0 Å². The molecule has 1 aromatic carbocycles. The van der Waals surface area contributed by atoms with E-state index < -0.39 is 0 Å². The zero-order valence-electron chi connectivity index (χ0n) is 16.8. The minimum Gasteiger partial charge on any atom is -0.318 e. The number of nitrogens with zero attached hydrogens (tertiary/aromatic N) is 5. The molecule has 2 aromatic heterocycles. The van der Waals surface area contributed by atoms with Crippen LogP contribution in [0.4, 0.5) is 14.3 Å². The number of urea groups is 1. The fourth-order valence-corrected chi connectivity index (χ4v) is 4.55. The first-order chi connectivity index (χ1) is 14.4. The maximum absolute atomic E-state index is 13.4. The van der Waals surface area contributed by atoms with Crippen molar-refractivity contribution in [3.8, 4) is 0 Å². The van der Waals surface area contributed by atoms with Crippen molar-refractivity contribution in [2.75, 3.05) is 18.0 Å². The van der Waals surface area contributed by atoms with Crippen molar-refractivity contribution in [1.82, 2.24) is 19.7 Å². The highest BCUT2D eigenvalue weighted by molar-refractivity contribution is 7.17. The van der Waals surface area contributed by atoms with Crippen molar-refractivity contribution in [3.05, 3.63) is 64.2 Å². The second-order valence-corrected chi connectivity index (χ2v) is 8.32. The van der Waals surface area contributed by atoms with Crippen LogP contribution in [0, 0.1) is 12.7 Å². The summed E-state index contributed by atoms with van der Waals surface area (Å²) in [5.74, 6) is -0.302. The van der Waals surface area contributed by atoms with Gasteiger partial charge in [-0.1, -0.05) is 23.5 Å². The van der Waals surface area contributed by atoms with Gasteiger partial charge in [-0.15, -0.1) is 0 Å². The van der Waals surface area contributed by atoms with Gasteiger partial charge in [-0.25, -0.2) is 14.2 Å². The summed E-state index contributed by atoms with van der Waals surface area (Å²) in [4.78, 5) is 33.8. The minimum absolute atomic E-state index is 0.0170. The number of carbonyl (C=O) groups is 2. The molecule has 156 valence electrons. The Labute approximate surface area is 177 Å². The van der Waals surface area contributed by atoms with Gasteiger partial charge in [0.15, 0.2) is 10.9 Å². The average Bonchev–Trinajstić information content (AvgIpc) is 3.40. The van der Waals surface area contributed by atoms with Gasteiger partial charge >= 0.3 is 6.03 Å². The van der Waals surface area contributed by atoms with Gasteiger partial charge < -0.3 is 4.90 Å². The van der Waals surface area contributed by atoms with Crippen molar-refractivity contribution in [3.63, 3.8) is 0 Å². The van der Waals surface area contributed by atoms with Crippen molar-refractivity contribution < 1.29 is 14.0 Å². The van der Waals surface area contributed by atoms with E-state index in [-0.39, 0.29) is 17.6 Å². The number of Topliss-reactive ketones (excluding diaryl/α,β-unsaturated/α-hetero) is 1. The molecule has 0 bridgehead atoms. The number of benzene rings is 1. The van der Waals surface area contributed by atoms with Crippen molar-refractivity contribution in [2.24, 2.45) is 7.05 Å². The Balaban J connectivity index is 1.42. The molecule has 1 fully saturated rings. The van der Waals surface area contributed by atoms with E-state index in [2.05, 4.69) is 10.1 Å². The lowest BCUT2D eigenvalue weighted by Gasteiger charge is -2.17. The van der Waals surface area contributed by atoms with Gasteiger partial charge in [-0.3, -0.25) is 14.4 Å². The van der Waals surface area contributed by atoms with E-state index in [0.29, 0.717) is 48.2 Å². The van der Waals surface area contributed by atoms with Gasteiger partial charge in [0.1, 0.15) is 5.82 Å². The lowest BCUT2D eigenvalue weighted by Crippen LogP contribution is -2.31. The molecule has 0 unspecified atom stereocenters. The van der Waals surface area contributed by atoms with Gasteiger partial charge in [0.05, 0.1) is 16.8 Å². The maximum atomic E-state index is 13.4. The lowest BCUT2D eigenvalue weighted by atomic mass is 10.1. The van der Waals surface area contributed by atoms with Crippen LogP contribution in [-0.2, 0) is 20.0 Å². The number of ketones is 1. The fourth-order valence-electron chi connectivity index (χ4n) is 3.49. The van der Waals surface area contributed by atoms with E-state index in [1.54, 1.807) is 39.7 Å². The molecule has 2 amide bonds. The topological polar surface area (TPSA) is 71.3 Å². The molecule has 0 aliphatic carbocycles. The standard InChI is InChI=1S/C21H22FN5O2S/c1-14-19(18(28)7-6-16-11-23-25(2)12-16)30-20(24-14)27-9-8-26(21(27)29)13-15-4-3-5-17(22)10-15/h3-5,10-12H,6-9,13H2,1-2H3. The molecule has 4 rings (SSSR count). The average molecular weight is 428 g/mol. The van der Waals surface area contributed by atoms with E-state index in [9.17, 15) is 14.0 Å². The van der Waals surface area contributed by atoms with Crippen LogP contribution in [-0.4, -0.2) is 44.6 Å². The summed E-state index contributed by atoms with van der Waals surface area (Å²) < 4.78 is 15.1. The molecular weight excluding hydrogens is 405 g/mol. The molecule has 0 saturated carbocycles. The molecule has 0 radical (unpaired) electrons. The number of carbonyl (C=O) groups excluding carboxylic acids is 2. The number of aromatic nitrogens is 3. The van der Waals surface area contributed by atoms with Crippen LogP contribution in [0.15, 0.2) is 36.7 Å². The van der Waals surface area contributed by atoms with Crippen LogP contribution in [0.5, 0.6) is 0 Å². The van der Waals surface area contributed by atoms with Crippen molar-refractivity contribution in [1.29, 1.82) is 0 Å². The van der Waals surface area contributed by atoms with Gasteiger partial charge in [0.2, 0.25) is 0 Å². The normalized spacial score (nSPS) is 14.0. The first-order valence-electron chi connectivity index (χ1n) is 9.70. The molecule has 0 atom stereocenters. The Morgan fingerprint density at radius 3 is 2.83 bits per heavy atom. The monoisotopic (exact) mass is 427 g/mol. The smallest absolute Gasteiger partial charge is 0.318 e.